The van der Waals surface area contributed by atoms with Gasteiger partial charge in [0.2, 0.25) is 0 Å². The molecule has 0 radical (unpaired) electrons. The molecule has 0 saturated heterocycles. The van der Waals surface area contributed by atoms with Crippen molar-refractivity contribution in [3.05, 3.63) is 47.1 Å². The van der Waals surface area contributed by atoms with Gasteiger partial charge in [0, 0.05) is 6.42 Å². The van der Waals surface area contributed by atoms with Crippen LogP contribution >= 0.6 is 0 Å². The number of rotatable bonds is 9. The van der Waals surface area contributed by atoms with Gasteiger partial charge in [-0.2, -0.15) is 0 Å². The zero-order chi connectivity index (χ0) is 24.9. The first-order valence-corrected chi connectivity index (χ1v) is 13.2. The number of ether oxygens (including phenoxy) is 2. The third-order valence-electron chi connectivity index (χ3n) is 8.13. The maximum absolute atomic E-state index is 12.3. The standard InChI is InChI=1S/C29H44O5/c1-6-9-24(7-2)34-28(32)18-33-20(4)25-13-14-26-21(10-8-15-29(25,26)5)11-12-22-16-23(30)17-27(31)19(22)3/h11-13,20,23-24,26-27,30-31H,3,6-10,14-18H2,1-2,4-5H3/b21-11+,22-12-/t20?,23-,24+,26+,27+,29-/m1/s1. The van der Waals surface area contributed by atoms with Gasteiger partial charge in [0.25, 0.3) is 0 Å². The lowest BCUT2D eigenvalue weighted by atomic mass is 9.63. The van der Waals surface area contributed by atoms with Crippen molar-refractivity contribution in [1.82, 2.24) is 0 Å². The first-order valence-electron chi connectivity index (χ1n) is 13.2. The van der Waals surface area contributed by atoms with E-state index in [1.54, 1.807) is 0 Å². The predicted molar refractivity (Wildman–Crippen MR) is 135 cm³/mol. The van der Waals surface area contributed by atoms with Crippen molar-refractivity contribution in [2.75, 3.05) is 6.61 Å². The van der Waals surface area contributed by atoms with Gasteiger partial charge in [-0.1, -0.05) is 57.6 Å². The molecule has 0 bridgehead atoms. The smallest absolute Gasteiger partial charge is 0.332 e. The maximum atomic E-state index is 12.3. The van der Waals surface area contributed by atoms with Crippen LogP contribution in [-0.2, 0) is 14.3 Å². The molecule has 2 fully saturated rings. The molecule has 3 rings (SSSR count). The van der Waals surface area contributed by atoms with Gasteiger partial charge in [-0.25, -0.2) is 4.79 Å². The summed E-state index contributed by atoms with van der Waals surface area (Å²) < 4.78 is 11.6. The van der Waals surface area contributed by atoms with Gasteiger partial charge in [-0.3, -0.25) is 0 Å². The second-order valence-electron chi connectivity index (χ2n) is 10.5. The van der Waals surface area contributed by atoms with Crippen molar-refractivity contribution in [1.29, 1.82) is 0 Å². The van der Waals surface area contributed by atoms with Gasteiger partial charge in [0.15, 0.2) is 0 Å². The minimum atomic E-state index is -0.663. The van der Waals surface area contributed by atoms with Crippen molar-refractivity contribution in [2.45, 2.75) is 110 Å². The van der Waals surface area contributed by atoms with E-state index >= 15 is 0 Å². The van der Waals surface area contributed by atoms with Crippen LogP contribution in [0.1, 0.15) is 85.5 Å². The van der Waals surface area contributed by atoms with E-state index in [2.05, 4.69) is 38.7 Å². The molecule has 0 amide bonds. The van der Waals surface area contributed by atoms with Crippen LogP contribution < -0.4 is 0 Å². The predicted octanol–water partition coefficient (Wildman–Crippen LogP) is 5.57. The van der Waals surface area contributed by atoms with Crippen LogP contribution in [0.15, 0.2) is 47.1 Å². The number of fused-ring (bicyclic) bond motifs is 1. The SMILES string of the molecule is C=C1/C(=C\C=C2/CCC[C@]3(C)C(C(C)OCC(=O)O[C@@H](CC)CCC)=CC[C@@H]23)C[C@@H](O)C[C@@H]1O. The highest BCUT2D eigenvalue weighted by Crippen LogP contribution is 2.55. The van der Waals surface area contributed by atoms with Crippen LogP contribution in [0.3, 0.4) is 0 Å². The van der Waals surface area contributed by atoms with Gasteiger partial charge in [-0.15, -0.1) is 0 Å². The highest BCUT2D eigenvalue weighted by Gasteiger charge is 2.46. The van der Waals surface area contributed by atoms with E-state index in [1.165, 1.54) is 11.1 Å². The number of aliphatic hydroxyl groups excluding tert-OH is 2. The molecule has 0 spiro atoms. The van der Waals surface area contributed by atoms with E-state index in [4.69, 9.17) is 9.47 Å². The normalized spacial score (nSPS) is 33.5. The number of allylic oxidation sites excluding steroid dienone is 4. The molecule has 2 N–H and O–H groups in total. The van der Waals surface area contributed by atoms with Crippen LogP contribution in [0.2, 0.25) is 0 Å². The fraction of sp³-hybridized carbons (Fsp3) is 0.690. The second-order valence-corrected chi connectivity index (χ2v) is 10.5. The van der Waals surface area contributed by atoms with Gasteiger partial charge in [-0.05, 0) is 79.9 Å². The summed E-state index contributed by atoms with van der Waals surface area (Å²) in [4.78, 5) is 12.3. The summed E-state index contributed by atoms with van der Waals surface area (Å²) in [6.45, 7) is 12.5. The summed E-state index contributed by atoms with van der Waals surface area (Å²) in [6.07, 6.45) is 13.1. The Hall–Kier alpha value is -1.69. The molecule has 3 aliphatic carbocycles. The molecule has 0 heterocycles. The summed E-state index contributed by atoms with van der Waals surface area (Å²) in [5.74, 6) is 0.132. The van der Waals surface area contributed by atoms with E-state index in [1.807, 2.05) is 13.8 Å². The number of aliphatic hydroxyl groups is 2. The van der Waals surface area contributed by atoms with Crippen molar-refractivity contribution in [3.63, 3.8) is 0 Å². The third kappa shape index (κ3) is 6.10. The lowest BCUT2D eigenvalue weighted by Crippen LogP contribution is -2.35. The minimum absolute atomic E-state index is 0.0129. The van der Waals surface area contributed by atoms with Crippen LogP contribution in [0, 0.1) is 11.3 Å². The fourth-order valence-electron chi connectivity index (χ4n) is 6.12. The van der Waals surface area contributed by atoms with Gasteiger partial charge < -0.3 is 19.7 Å². The highest BCUT2D eigenvalue weighted by atomic mass is 16.6. The van der Waals surface area contributed by atoms with Gasteiger partial charge in [0.1, 0.15) is 12.7 Å². The average Bonchev–Trinajstić information content (AvgIpc) is 3.16. The summed E-state index contributed by atoms with van der Waals surface area (Å²) in [7, 11) is 0. The molecule has 5 nitrogen and oxygen atoms in total. The van der Waals surface area contributed by atoms with Crippen LogP contribution in [-0.4, -0.2) is 47.2 Å². The average molecular weight is 473 g/mol. The Balaban J connectivity index is 1.64. The number of hydrogen-bond acceptors (Lipinski definition) is 5. The molecule has 3 aliphatic rings. The summed E-state index contributed by atoms with van der Waals surface area (Å²) >= 11 is 0. The van der Waals surface area contributed by atoms with Gasteiger partial charge >= 0.3 is 5.97 Å². The van der Waals surface area contributed by atoms with Gasteiger partial charge in [0.05, 0.1) is 18.3 Å². The molecular formula is C29H44O5. The Morgan fingerprint density at radius 1 is 1.32 bits per heavy atom. The maximum Gasteiger partial charge on any atom is 0.332 e. The zero-order valence-electron chi connectivity index (χ0n) is 21.5. The Morgan fingerprint density at radius 2 is 2.09 bits per heavy atom. The molecule has 34 heavy (non-hydrogen) atoms. The van der Waals surface area contributed by atoms with Crippen LogP contribution in [0.25, 0.3) is 0 Å². The largest absolute Gasteiger partial charge is 0.461 e. The van der Waals surface area contributed by atoms with E-state index in [9.17, 15) is 15.0 Å². The number of carbonyl (C=O) groups excluding carboxylic acids is 1. The third-order valence-corrected chi connectivity index (χ3v) is 8.13. The van der Waals surface area contributed by atoms with Crippen molar-refractivity contribution in [2.24, 2.45) is 11.3 Å². The monoisotopic (exact) mass is 472 g/mol. The van der Waals surface area contributed by atoms with Crippen LogP contribution in [0.5, 0.6) is 0 Å². The molecule has 5 heteroatoms. The molecule has 0 aromatic carbocycles. The molecule has 6 atom stereocenters. The minimum Gasteiger partial charge on any atom is -0.461 e. The molecule has 0 aromatic rings. The molecule has 190 valence electrons. The molecule has 2 saturated carbocycles. The topological polar surface area (TPSA) is 76.0 Å². The molecule has 0 aromatic heterocycles. The number of hydrogen-bond donors (Lipinski definition) is 2. The summed E-state index contributed by atoms with van der Waals surface area (Å²) in [5, 5.41) is 20.2. The highest BCUT2D eigenvalue weighted by molar-refractivity contribution is 5.71. The van der Waals surface area contributed by atoms with E-state index in [0.29, 0.717) is 18.8 Å². The molecule has 0 aliphatic heterocycles. The van der Waals surface area contributed by atoms with E-state index in [0.717, 1.165) is 56.1 Å². The van der Waals surface area contributed by atoms with Crippen LogP contribution in [0.4, 0.5) is 0 Å². The quantitative estimate of drug-likeness (QED) is 0.339. The number of carbonyl (C=O) groups is 1. The lowest BCUT2D eigenvalue weighted by Gasteiger charge is -2.42. The van der Waals surface area contributed by atoms with E-state index in [-0.39, 0.29) is 30.2 Å². The van der Waals surface area contributed by atoms with Crippen molar-refractivity contribution < 1.29 is 24.5 Å². The Bertz CT molecular complexity index is 837. The first kappa shape index (κ1) is 26.9. The molecular weight excluding hydrogens is 428 g/mol. The lowest BCUT2D eigenvalue weighted by molar-refractivity contribution is -0.156. The Morgan fingerprint density at radius 3 is 2.79 bits per heavy atom. The van der Waals surface area contributed by atoms with Crippen molar-refractivity contribution in [3.8, 4) is 0 Å². The van der Waals surface area contributed by atoms with Crippen molar-refractivity contribution >= 4 is 5.97 Å². The van der Waals surface area contributed by atoms with E-state index < -0.39 is 12.2 Å². The fourth-order valence-corrected chi connectivity index (χ4v) is 6.12. The number of esters is 1. The summed E-state index contributed by atoms with van der Waals surface area (Å²) in [6, 6.07) is 0. The molecule has 1 unspecified atom stereocenters. The Kier molecular flexibility index (Phi) is 9.36. The Labute approximate surface area is 205 Å². The second kappa shape index (κ2) is 11.8. The summed E-state index contributed by atoms with van der Waals surface area (Å²) in [5.41, 5.74) is 4.39. The first-order chi connectivity index (χ1) is 16.2. The zero-order valence-corrected chi connectivity index (χ0v) is 21.5.